The lowest BCUT2D eigenvalue weighted by Gasteiger charge is -2.22. The fourth-order valence-corrected chi connectivity index (χ4v) is 3.53. The molecule has 0 radical (unpaired) electrons. The maximum atomic E-state index is 14.7. The first-order valence-corrected chi connectivity index (χ1v) is 10.4. The monoisotopic (exact) mass is 449 g/mol. The number of hydrogen-bond donors (Lipinski definition) is 1. The molecular weight excluding hydrogens is 424 g/mol. The lowest BCUT2D eigenvalue weighted by molar-refractivity contribution is 0.542. The average molecular weight is 450 g/mol. The maximum Gasteiger partial charge on any atom is 0.266 e. The molecule has 0 saturated carbocycles. The number of aromatic nitrogens is 2. The van der Waals surface area contributed by atoms with Gasteiger partial charge in [-0.1, -0.05) is 24.8 Å². The molecule has 0 aliphatic rings. The molecule has 8 heteroatoms. The van der Waals surface area contributed by atoms with E-state index >= 15 is 0 Å². The van der Waals surface area contributed by atoms with Crippen LogP contribution in [-0.2, 0) is 0 Å². The SMILES string of the molecule is C=C(N[C@@H](C)c1nc2ccccc2c(=O)n1-c1c(F)cccc1F)/C(N=CC)=C(/C)N=CC. The Morgan fingerprint density at radius 3 is 2.36 bits per heavy atom. The molecule has 1 aromatic heterocycles. The Morgan fingerprint density at radius 2 is 1.73 bits per heavy atom. The molecule has 0 spiro atoms. The molecular formula is C25H25F2N5O. The summed E-state index contributed by atoms with van der Waals surface area (Å²) in [6.45, 7) is 11.1. The van der Waals surface area contributed by atoms with Crippen molar-refractivity contribution in [3.05, 3.63) is 93.9 Å². The molecule has 0 fully saturated rings. The van der Waals surface area contributed by atoms with E-state index in [1.807, 2.05) is 0 Å². The van der Waals surface area contributed by atoms with Crippen LogP contribution in [0.15, 0.2) is 80.9 Å². The number of aliphatic imine (C=N–C) groups is 2. The van der Waals surface area contributed by atoms with E-state index in [1.54, 1.807) is 64.4 Å². The van der Waals surface area contributed by atoms with E-state index in [2.05, 4.69) is 26.9 Å². The zero-order chi connectivity index (χ0) is 24.1. The number of para-hydroxylation sites is 2. The van der Waals surface area contributed by atoms with Gasteiger partial charge in [0.05, 0.1) is 28.3 Å². The first-order valence-electron chi connectivity index (χ1n) is 10.4. The lowest BCUT2D eigenvalue weighted by Crippen LogP contribution is -2.31. The molecule has 0 unspecified atom stereocenters. The quantitative estimate of drug-likeness (QED) is 0.396. The Bertz CT molecular complexity index is 1330. The van der Waals surface area contributed by atoms with E-state index in [9.17, 15) is 13.6 Å². The summed E-state index contributed by atoms with van der Waals surface area (Å²) >= 11 is 0. The number of hydrogen-bond acceptors (Lipinski definition) is 5. The molecule has 1 N–H and O–H groups in total. The third kappa shape index (κ3) is 4.79. The van der Waals surface area contributed by atoms with Gasteiger partial charge < -0.3 is 5.32 Å². The summed E-state index contributed by atoms with van der Waals surface area (Å²) in [5.74, 6) is -1.61. The molecule has 0 bridgehead atoms. The van der Waals surface area contributed by atoms with E-state index in [0.29, 0.717) is 22.6 Å². The second-order valence-corrected chi connectivity index (χ2v) is 7.25. The first-order chi connectivity index (χ1) is 15.8. The Balaban J connectivity index is 2.21. The summed E-state index contributed by atoms with van der Waals surface area (Å²) in [6, 6.07) is 9.45. The van der Waals surface area contributed by atoms with Gasteiger partial charge in [-0.2, -0.15) is 0 Å². The molecule has 3 aromatic rings. The van der Waals surface area contributed by atoms with Gasteiger partial charge in [-0.3, -0.25) is 19.3 Å². The first kappa shape index (κ1) is 23.7. The molecule has 0 saturated heterocycles. The summed E-state index contributed by atoms with van der Waals surface area (Å²) in [6.07, 6.45) is 3.25. The molecule has 2 aromatic carbocycles. The average Bonchev–Trinajstić information content (AvgIpc) is 2.78. The van der Waals surface area contributed by atoms with Crippen molar-refractivity contribution in [3.8, 4) is 5.69 Å². The Morgan fingerprint density at radius 1 is 1.09 bits per heavy atom. The summed E-state index contributed by atoms with van der Waals surface area (Å²) in [4.78, 5) is 26.5. The van der Waals surface area contributed by atoms with Gasteiger partial charge in [0.25, 0.3) is 5.56 Å². The maximum absolute atomic E-state index is 14.7. The highest BCUT2D eigenvalue weighted by atomic mass is 19.1. The van der Waals surface area contributed by atoms with E-state index in [1.165, 1.54) is 6.07 Å². The molecule has 0 aliphatic carbocycles. The Labute approximate surface area is 190 Å². The minimum absolute atomic E-state index is 0.125. The van der Waals surface area contributed by atoms with Crippen molar-refractivity contribution in [2.75, 3.05) is 0 Å². The number of nitrogens with one attached hydrogen (secondary N) is 1. The Kier molecular flexibility index (Phi) is 7.27. The molecule has 170 valence electrons. The standard InChI is InChI=1S/C25H25F2N5O/c1-6-28-15(3)22(29-7-2)16(4)30-17(5)24-31-21-14-9-8-11-18(21)25(33)32(24)23-19(26)12-10-13-20(23)27/h6-14,17,30H,4H2,1-3,5H3/b22-15+,28-6?,29-7?/t17-/m0/s1. The van der Waals surface area contributed by atoms with Crippen molar-refractivity contribution < 1.29 is 8.78 Å². The fraction of sp³-hybridized carbons (Fsp3) is 0.200. The van der Waals surface area contributed by atoms with Crippen molar-refractivity contribution in [1.29, 1.82) is 0 Å². The molecule has 6 nitrogen and oxygen atoms in total. The minimum Gasteiger partial charge on any atom is -0.374 e. The predicted octanol–water partition coefficient (Wildman–Crippen LogP) is 5.24. The topological polar surface area (TPSA) is 71.6 Å². The van der Waals surface area contributed by atoms with E-state index in [0.717, 1.165) is 16.7 Å². The van der Waals surface area contributed by atoms with Crippen molar-refractivity contribution in [2.24, 2.45) is 9.98 Å². The summed E-state index contributed by atoms with van der Waals surface area (Å²) in [7, 11) is 0. The number of rotatable bonds is 7. The molecule has 0 aliphatic heterocycles. The van der Waals surface area contributed by atoms with Gasteiger partial charge in [0, 0.05) is 12.4 Å². The van der Waals surface area contributed by atoms with Crippen LogP contribution >= 0.6 is 0 Å². The van der Waals surface area contributed by atoms with Crippen LogP contribution in [0.4, 0.5) is 8.78 Å². The van der Waals surface area contributed by atoms with E-state index in [4.69, 9.17) is 0 Å². The van der Waals surface area contributed by atoms with Crippen LogP contribution in [0.25, 0.3) is 16.6 Å². The fourth-order valence-electron chi connectivity index (χ4n) is 3.53. The lowest BCUT2D eigenvalue weighted by atomic mass is 10.1. The predicted molar refractivity (Wildman–Crippen MR) is 129 cm³/mol. The molecule has 3 rings (SSSR count). The summed E-state index contributed by atoms with van der Waals surface area (Å²) in [5.41, 5.74) is 0.918. The van der Waals surface area contributed by atoms with E-state index in [-0.39, 0.29) is 11.2 Å². The Hall–Kier alpha value is -3.94. The molecule has 1 heterocycles. The second kappa shape index (κ2) is 10.1. The summed E-state index contributed by atoms with van der Waals surface area (Å²) in [5, 5.41) is 3.40. The number of nitrogens with zero attached hydrogens (tertiary/aromatic N) is 4. The van der Waals surface area contributed by atoms with Gasteiger partial charge in [0.2, 0.25) is 0 Å². The van der Waals surface area contributed by atoms with Gasteiger partial charge in [0.15, 0.2) is 0 Å². The second-order valence-electron chi connectivity index (χ2n) is 7.25. The zero-order valence-electron chi connectivity index (χ0n) is 18.9. The van der Waals surface area contributed by atoms with Crippen LogP contribution in [0.2, 0.25) is 0 Å². The number of benzene rings is 2. The van der Waals surface area contributed by atoms with Gasteiger partial charge in [0.1, 0.15) is 28.8 Å². The van der Waals surface area contributed by atoms with Gasteiger partial charge in [-0.05, 0) is 52.0 Å². The highest BCUT2D eigenvalue weighted by Crippen LogP contribution is 2.24. The van der Waals surface area contributed by atoms with Gasteiger partial charge in [-0.15, -0.1) is 0 Å². The zero-order valence-corrected chi connectivity index (χ0v) is 18.9. The van der Waals surface area contributed by atoms with Gasteiger partial charge >= 0.3 is 0 Å². The largest absolute Gasteiger partial charge is 0.374 e. The molecule has 33 heavy (non-hydrogen) atoms. The van der Waals surface area contributed by atoms with Crippen molar-refractivity contribution in [3.63, 3.8) is 0 Å². The van der Waals surface area contributed by atoms with Crippen LogP contribution < -0.4 is 10.9 Å². The van der Waals surface area contributed by atoms with Crippen molar-refractivity contribution in [1.82, 2.24) is 14.9 Å². The summed E-state index contributed by atoms with van der Waals surface area (Å²) < 4.78 is 30.4. The van der Waals surface area contributed by atoms with Gasteiger partial charge in [-0.25, -0.2) is 13.8 Å². The highest BCUT2D eigenvalue weighted by molar-refractivity contribution is 5.78. The van der Waals surface area contributed by atoms with Crippen LogP contribution in [0, 0.1) is 11.6 Å². The van der Waals surface area contributed by atoms with E-state index < -0.39 is 28.9 Å². The number of halogens is 2. The van der Waals surface area contributed by atoms with Crippen LogP contribution in [0.1, 0.15) is 39.6 Å². The number of allylic oxidation sites excluding steroid dienone is 1. The minimum atomic E-state index is -0.870. The third-order valence-electron chi connectivity index (χ3n) is 4.95. The normalized spacial score (nSPS) is 13.5. The molecule has 0 amide bonds. The smallest absolute Gasteiger partial charge is 0.266 e. The van der Waals surface area contributed by atoms with Crippen molar-refractivity contribution in [2.45, 2.75) is 33.7 Å². The van der Waals surface area contributed by atoms with Crippen LogP contribution in [-0.4, -0.2) is 22.0 Å². The number of fused-ring (bicyclic) bond motifs is 1. The van der Waals surface area contributed by atoms with Crippen molar-refractivity contribution >= 4 is 23.3 Å². The van der Waals surface area contributed by atoms with Crippen LogP contribution in [0.3, 0.4) is 0 Å². The molecule has 1 atom stereocenters. The third-order valence-corrected chi connectivity index (χ3v) is 4.95. The highest BCUT2D eigenvalue weighted by Gasteiger charge is 2.23. The van der Waals surface area contributed by atoms with Crippen LogP contribution in [0.5, 0.6) is 0 Å².